The van der Waals surface area contributed by atoms with Gasteiger partial charge in [0, 0.05) is 28.5 Å². The highest BCUT2D eigenvalue weighted by Crippen LogP contribution is 2.34. The fourth-order valence-corrected chi connectivity index (χ4v) is 2.16. The van der Waals surface area contributed by atoms with E-state index in [1.807, 2.05) is 18.2 Å². The van der Waals surface area contributed by atoms with Crippen LogP contribution >= 0.6 is 0 Å². The molecule has 1 amide bonds. The molecule has 22 heavy (non-hydrogen) atoms. The molecule has 3 rings (SSSR count). The Kier molecular flexibility index (Phi) is 3.34. The molecule has 0 radical (unpaired) electrons. The van der Waals surface area contributed by atoms with E-state index < -0.39 is 0 Å². The second kappa shape index (κ2) is 5.33. The topological polar surface area (TPSA) is 90.9 Å². The van der Waals surface area contributed by atoms with Gasteiger partial charge in [0.15, 0.2) is 0 Å². The van der Waals surface area contributed by atoms with Crippen molar-refractivity contribution in [2.24, 2.45) is 0 Å². The highest BCUT2D eigenvalue weighted by Gasteiger charge is 2.12. The van der Waals surface area contributed by atoms with Crippen LogP contribution in [0.25, 0.3) is 22.2 Å². The summed E-state index contributed by atoms with van der Waals surface area (Å²) in [6.45, 7) is 5.19. The van der Waals surface area contributed by atoms with Gasteiger partial charge in [0.1, 0.15) is 16.8 Å². The Balaban J connectivity index is 2.01. The van der Waals surface area contributed by atoms with Gasteiger partial charge in [0.2, 0.25) is 0 Å². The van der Waals surface area contributed by atoms with Crippen LogP contribution in [0.15, 0.2) is 48.6 Å². The predicted octanol–water partition coefficient (Wildman–Crippen LogP) is 2.85. The van der Waals surface area contributed by atoms with Crippen LogP contribution < -0.4 is 5.32 Å². The van der Waals surface area contributed by atoms with Gasteiger partial charge in [-0.2, -0.15) is 15.4 Å². The fraction of sp³-hybridized carbons (Fsp3) is 0.0625. The number of phenols is 1. The monoisotopic (exact) mass is 294 g/mol. The van der Waals surface area contributed by atoms with E-state index in [1.165, 1.54) is 6.07 Å². The van der Waals surface area contributed by atoms with E-state index in [2.05, 4.69) is 27.3 Å². The second-order valence-electron chi connectivity index (χ2n) is 4.96. The number of nitrogens with zero attached hydrogens (tertiary/aromatic N) is 2. The quantitative estimate of drug-likeness (QED) is 0.648. The zero-order chi connectivity index (χ0) is 15.7. The molecule has 0 atom stereocenters. The number of benzene rings is 2. The first-order valence-electron chi connectivity index (χ1n) is 6.66. The smallest absolute Gasteiger partial charge is 0.250 e. The van der Waals surface area contributed by atoms with Gasteiger partial charge in [0.25, 0.3) is 5.91 Å². The summed E-state index contributed by atoms with van der Waals surface area (Å²) < 4.78 is 0. The van der Waals surface area contributed by atoms with Crippen molar-refractivity contribution in [1.29, 1.82) is 0 Å². The van der Waals surface area contributed by atoms with E-state index in [9.17, 15) is 9.90 Å². The number of hydrogen-bond acceptors (Lipinski definition) is 4. The fourth-order valence-electron chi connectivity index (χ4n) is 2.16. The number of amides is 1. The number of hydrogen-bond donors (Lipinski definition) is 3. The Hall–Kier alpha value is -3.15. The highest BCUT2D eigenvalue weighted by atomic mass is 16.3. The third-order valence-electron chi connectivity index (χ3n) is 3.28. The van der Waals surface area contributed by atoms with Crippen molar-refractivity contribution >= 4 is 22.6 Å². The van der Waals surface area contributed by atoms with Crippen LogP contribution in [-0.2, 0) is 4.79 Å². The van der Waals surface area contributed by atoms with E-state index in [1.54, 1.807) is 19.1 Å². The molecular weight excluding hydrogens is 280 g/mol. The molecule has 0 saturated carbocycles. The molecule has 0 saturated heterocycles. The summed E-state index contributed by atoms with van der Waals surface area (Å²) in [5.41, 5.74) is 3.68. The number of para-hydroxylation sites is 1. The molecule has 0 aliphatic rings. The first-order valence-corrected chi connectivity index (χ1v) is 6.66. The minimum absolute atomic E-state index is 0.0509. The molecule has 6 nitrogen and oxygen atoms in total. The molecule has 0 unspecified atom stereocenters. The minimum Gasteiger partial charge on any atom is -0.507 e. The van der Waals surface area contributed by atoms with Crippen molar-refractivity contribution in [3.63, 3.8) is 0 Å². The summed E-state index contributed by atoms with van der Waals surface area (Å²) in [6, 6.07) is 10.5. The normalized spacial score (nSPS) is 10.6. The molecule has 6 heteroatoms. The molecule has 2 aromatic carbocycles. The molecule has 0 aliphatic carbocycles. The maximum absolute atomic E-state index is 11.6. The molecule has 1 aromatic heterocycles. The summed E-state index contributed by atoms with van der Waals surface area (Å²) in [5, 5.41) is 23.6. The van der Waals surface area contributed by atoms with Crippen molar-refractivity contribution < 1.29 is 9.90 Å². The Morgan fingerprint density at radius 1 is 1.23 bits per heavy atom. The van der Waals surface area contributed by atoms with Gasteiger partial charge in [-0.1, -0.05) is 18.7 Å². The van der Waals surface area contributed by atoms with Gasteiger partial charge in [-0.3, -0.25) is 4.79 Å². The van der Waals surface area contributed by atoms with Crippen LogP contribution in [0.5, 0.6) is 5.75 Å². The summed E-state index contributed by atoms with van der Waals surface area (Å²) in [7, 11) is 0. The largest absolute Gasteiger partial charge is 0.507 e. The van der Waals surface area contributed by atoms with E-state index >= 15 is 0 Å². The van der Waals surface area contributed by atoms with Gasteiger partial charge in [-0.15, -0.1) is 0 Å². The Morgan fingerprint density at radius 3 is 2.77 bits per heavy atom. The third kappa shape index (κ3) is 2.42. The summed E-state index contributed by atoms with van der Waals surface area (Å²) in [6.07, 6.45) is 0. The molecule has 3 aromatic rings. The summed E-state index contributed by atoms with van der Waals surface area (Å²) >= 11 is 0. The maximum Gasteiger partial charge on any atom is 0.250 e. The van der Waals surface area contributed by atoms with Crippen LogP contribution in [0, 0.1) is 0 Å². The van der Waals surface area contributed by atoms with Crippen LogP contribution in [0.4, 0.5) is 5.69 Å². The lowest BCUT2D eigenvalue weighted by molar-refractivity contribution is -0.112. The minimum atomic E-state index is -0.286. The van der Waals surface area contributed by atoms with Crippen molar-refractivity contribution in [2.45, 2.75) is 6.92 Å². The predicted molar refractivity (Wildman–Crippen MR) is 84.4 cm³/mol. The van der Waals surface area contributed by atoms with Gasteiger partial charge in [0.05, 0.1) is 0 Å². The Bertz CT molecular complexity index is 883. The molecule has 0 bridgehead atoms. The van der Waals surface area contributed by atoms with Crippen molar-refractivity contribution in [1.82, 2.24) is 15.4 Å². The van der Waals surface area contributed by atoms with Gasteiger partial charge >= 0.3 is 0 Å². The molecule has 0 aliphatic heterocycles. The van der Waals surface area contributed by atoms with Crippen LogP contribution in [0.3, 0.4) is 0 Å². The third-order valence-corrected chi connectivity index (χ3v) is 3.28. The molecule has 3 N–H and O–H groups in total. The zero-order valence-corrected chi connectivity index (χ0v) is 11.9. The Labute approximate surface area is 126 Å². The van der Waals surface area contributed by atoms with E-state index in [4.69, 9.17) is 0 Å². The molecule has 0 fully saturated rings. The lowest BCUT2D eigenvalue weighted by atomic mass is 10.0. The lowest BCUT2D eigenvalue weighted by Gasteiger charge is -2.09. The van der Waals surface area contributed by atoms with E-state index in [0.29, 0.717) is 22.3 Å². The standard InChI is InChI=1S/C16H14N4O2/c1-9(2)16(22)17-10-6-7-11(14(21)8-10)12-4-3-5-13-15(12)19-20-18-13/h3-8,21H,1H2,2H3,(H,17,22)(H,18,19,20). The number of aromatic hydroxyl groups is 1. The van der Waals surface area contributed by atoms with Gasteiger partial charge in [-0.05, 0) is 25.1 Å². The average Bonchev–Trinajstić information content (AvgIpc) is 2.96. The number of anilines is 1. The lowest BCUT2D eigenvalue weighted by Crippen LogP contribution is -2.11. The number of H-pyrrole nitrogens is 1. The Morgan fingerprint density at radius 2 is 2.05 bits per heavy atom. The summed E-state index contributed by atoms with van der Waals surface area (Å²) in [4.78, 5) is 11.6. The molecule has 0 spiro atoms. The number of aromatic amines is 1. The summed E-state index contributed by atoms with van der Waals surface area (Å²) in [5.74, 6) is -0.235. The highest BCUT2D eigenvalue weighted by molar-refractivity contribution is 6.03. The van der Waals surface area contributed by atoms with Crippen molar-refractivity contribution in [2.75, 3.05) is 5.32 Å². The van der Waals surface area contributed by atoms with Crippen LogP contribution in [-0.4, -0.2) is 26.4 Å². The number of carbonyl (C=O) groups excluding carboxylic acids is 1. The number of rotatable bonds is 3. The number of carbonyl (C=O) groups is 1. The maximum atomic E-state index is 11.6. The second-order valence-corrected chi connectivity index (χ2v) is 4.96. The van der Waals surface area contributed by atoms with E-state index in [-0.39, 0.29) is 11.7 Å². The number of nitrogens with one attached hydrogen (secondary N) is 2. The number of phenolic OH excluding ortho intramolecular Hbond substituents is 1. The molecular formula is C16H14N4O2. The first-order chi connectivity index (χ1) is 10.6. The van der Waals surface area contributed by atoms with Crippen LogP contribution in [0.2, 0.25) is 0 Å². The SMILES string of the molecule is C=C(C)C(=O)Nc1ccc(-c2cccc3n[nH]nc23)c(O)c1. The van der Waals surface area contributed by atoms with Crippen molar-refractivity contribution in [3.05, 3.63) is 48.6 Å². The zero-order valence-electron chi connectivity index (χ0n) is 11.9. The number of fused-ring (bicyclic) bond motifs is 1. The molecule has 110 valence electrons. The van der Waals surface area contributed by atoms with Crippen LogP contribution in [0.1, 0.15) is 6.92 Å². The van der Waals surface area contributed by atoms with Crippen molar-refractivity contribution in [3.8, 4) is 16.9 Å². The number of aromatic nitrogens is 3. The van der Waals surface area contributed by atoms with E-state index in [0.717, 1.165) is 11.1 Å². The first kappa shape index (κ1) is 13.8. The average molecular weight is 294 g/mol. The van der Waals surface area contributed by atoms with Gasteiger partial charge in [-0.25, -0.2) is 0 Å². The molecule has 1 heterocycles. The van der Waals surface area contributed by atoms with Gasteiger partial charge < -0.3 is 10.4 Å².